The summed E-state index contributed by atoms with van der Waals surface area (Å²) in [5, 5.41) is 18.4. The zero-order valence-electron chi connectivity index (χ0n) is 11.5. The molecule has 0 aliphatic rings. The molecule has 0 amide bonds. The van der Waals surface area contributed by atoms with Crippen LogP contribution in [0, 0.1) is 0 Å². The summed E-state index contributed by atoms with van der Waals surface area (Å²) >= 11 is 0. The number of hydrogen-bond acceptors (Lipinski definition) is 3. The van der Waals surface area contributed by atoms with Gasteiger partial charge in [-0.15, -0.1) is 0 Å². The third-order valence-electron chi connectivity index (χ3n) is 3.33. The maximum Gasteiger partial charge on any atom is 0.488 e. The first kappa shape index (κ1) is 15.2. The van der Waals surface area contributed by atoms with Crippen LogP contribution in [0.2, 0.25) is 0 Å². The van der Waals surface area contributed by atoms with Crippen molar-refractivity contribution < 1.29 is 10.0 Å². The van der Waals surface area contributed by atoms with E-state index in [4.69, 9.17) is 0 Å². The average molecular weight is 249 g/mol. The maximum absolute atomic E-state index is 9.21. The van der Waals surface area contributed by atoms with E-state index in [-0.39, 0.29) is 0 Å². The van der Waals surface area contributed by atoms with Gasteiger partial charge in [-0.25, -0.2) is 0 Å². The molecule has 0 atom stereocenters. The van der Waals surface area contributed by atoms with E-state index in [1.165, 1.54) is 25.7 Å². The third kappa shape index (κ3) is 4.79. The zero-order valence-corrected chi connectivity index (χ0v) is 11.5. The Morgan fingerprint density at radius 2 is 1.78 bits per heavy atom. The predicted octanol–water partition coefficient (Wildman–Crippen LogP) is 2.23. The number of hydrogen-bond donors (Lipinski definition) is 2. The van der Waals surface area contributed by atoms with Gasteiger partial charge in [-0.1, -0.05) is 39.5 Å². The van der Waals surface area contributed by atoms with Crippen molar-refractivity contribution in [3.05, 3.63) is 24.0 Å². The van der Waals surface area contributed by atoms with Crippen molar-refractivity contribution in [1.29, 1.82) is 0 Å². The highest BCUT2D eigenvalue weighted by molar-refractivity contribution is 6.58. The summed E-state index contributed by atoms with van der Waals surface area (Å²) in [6.07, 6.45) is 8.71. The van der Waals surface area contributed by atoms with Gasteiger partial charge in [0.1, 0.15) is 0 Å². The fourth-order valence-electron chi connectivity index (χ4n) is 2.19. The van der Waals surface area contributed by atoms with Crippen LogP contribution in [0.4, 0.5) is 0 Å². The summed E-state index contributed by atoms with van der Waals surface area (Å²) in [4.78, 5) is 4.41. The van der Waals surface area contributed by atoms with E-state index < -0.39 is 7.12 Å². The van der Waals surface area contributed by atoms with Crippen LogP contribution < -0.4 is 5.46 Å². The molecule has 1 rings (SSSR count). The molecule has 0 saturated heterocycles. The van der Waals surface area contributed by atoms with E-state index in [2.05, 4.69) is 18.8 Å². The molecule has 0 aromatic carbocycles. The van der Waals surface area contributed by atoms with Gasteiger partial charge in [0.05, 0.1) is 0 Å². The Hall–Kier alpha value is -0.865. The van der Waals surface area contributed by atoms with Gasteiger partial charge in [0.15, 0.2) is 0 Å². The molecular weight excluding hydrogens is 225 g/mol. The number of pyridine rings is 1. The van der Waals surface area contributed by atoms with E-state index in [1.54, 1.807) is 12.3 Å². The second-order valence-corrected chi connectivity index (χ2v) is 4.87. The van der Waals surface area contributed by atoms with Crippen molar-refractivity contribution in [3.63, 3.8) is 0 Å². The van der Waals surface area contributed by atoms with Crippen molar-refractivity contribution >= 4 is 12.6 Å². The number of aromatic nitrogens is 1. The van der Waals surface area contributed by atoms with Gasteiger partial charge in [0, 0.05) is 17.8 Å². The SMILES string of the molecule is CCCCC(CCCC)c1cc(B(O)O)ccn1. The average Bonchev–Trinajstić information content (AvgIpc) is 2.39. The summed E-state index contributed by atoms with van der Waals surface area (Å²) in [6.45, 7) is 4.39. The highest BCUT2D eigenvalue weighted by Crippen LogP contribution is 2.25. The Labute approximate surface area is 110 Å². The van der Waals surface area contributed by atoms with Crippen LogP contribution in [0.25, 0.3) is 0 Å². The largest absolute Gasteiger partial charge is 0.488 e. The van der Waals surface area contributed by atoms with Crippen LogP contribution in [0.5, 0.6) is 0 Å². The lowest BCUT2D eigenvalue weighted by Crippen LogP contribution is -2.30. The molecule has 100 valence electrons. The van der Waals surface area contributed by atoms with Gasteiger partial charge < -0.3 is 10.0 Å². The second-order valence-electron chi connectivity index (χ2n) is 4.87. The topological polar surface area (TPSA) is 53.4 Å². The minimum Gasteiger partial charge on any atom is -0.423 e. The van der Waals surface area contributed by atoms with Gasteiger partial charge >= 0.3 is 7.12 Å². The normalized spacial score (nSPS) is 10.9. The Bertz CT molecular complexity index is 336. The van der Waals surface area contributed by atoms with Crippen molar-refractivity contribution in [2.45, 2.75) is 58.3 Å². The first-order valence-corrected chi connectivity index (χ1v) is 7.01. The van der Waals surface area contributed by atoms with Crippen molar-refractivity contribution in [2.75, 3.05) is 0 Å². The lowest BCUT2D eigenvalue weighted by Gasteiger charge is -2.16. The molecule has 0 aliphatic carbocycles. The number of nitrogens with zero attached hydrogens (tertiary/aromatic N) is 1. The van der Waals surface area contributed by atoms with E-state index in [0.717, 1.165) is 18.5 Å². The summed E-state index contributed by atoms with van der Waals surface area (Å²) in [7, 11) is -1.40. The summed E-state index contributed by atoms with van der Waals surface area (Å²) in [6, 6.07) is 3.49. The number of unbranched alkanes of at least 4 members (excludes halogenated alkanes) is 2. The molecule has 1 aromatic heterocycles. The molecule has 1 aromatic rings. The summed E-state index contributed by atoms with van der Waals surface area (Å²) < 4.78 is 0. The van der Waals surface area contributed by atoms with Crippen LogP contribution in [-0.2, 0) is 0 Å². The monoisotopic (exact) mass is 249 g/mol. The Balaban J connectivity index is 2.78. The summed E-state index contributed by atoms with van der Waals surface area (Å²) in [5.74, 6) is 0.448. The molecule has 0 saturated carbocycles. The van der Waals surface area contributed by atoms with E-state index in [1.807, 2.05) is 6.07 Å². The summed E-state index contributed by atoms with van der Waals surface area (Å²) in [5.41, 5.74) is 1.54. The fraction of sp³-hybridized carbons (Fsp3) is 0.643. The Morgan fingerprint density at radius 1 is 1.17 bits per heavy atom. The second kappa shape index (κ2) is 8.27. The Morgan fingerprint density at radius 3 is 2.28 bits per heavy atom. The van der Waals surface area contributed by atoms with Gasteiger partial charge in [-0.3, -0.25) is 4.98 Å². The van der Waals surface area contributed by atoms with Crippen LogP contribution in [-0.4, -0.2) is 22.2 Å². The molecule has 0 spiro atoms. The number of rotatable bonds is 8. The standard InChI is InChI=1S/C14H24BNO2/c1-3-5-7-12(8-6-4-2)14-11-13(15(17)18)9-10-16-14/h9-12,17-18H,3-8H2,1-2H3. The lowest BCUT2D eigenvalue weighted by atomic mass is 9.79. The molecule has 1 heterocycles. The van der Waals surface area contributed by atoms with E-state index >= 15 is 0 Å². The highest BCUT2D eigenvalue weighted by Gasteiger charge is 2.16. The fourth-order valence-corrected chi connectivity index (χ4v) is 2.19. The zero-order chi connectivity index (χ0) is 13.4. The maximum atomic E-state index is 9.21. The first-order valence-electron chi connectivity index (χ1n) is 7.01. The van der Waals surface area contributed by atoms with Crippen LogP contribution in [0.3, 0.4) is 0 Å². The first-order chi connectivity index (χ1) is 8.69. The van der Waals surface area contributed by atoms with Gasteiger partial charge in [0.25, 0.3) is 0 Å². The predicted molar refractivity (Wildman–Crippen MR) is 75.9 cm³/mol. The minimum atomic E-state index is -1.40. The Kier molecular flexibility index (Phi) is 6.98. The molecule has 0 bridgehead atoms. The molecule has 18 heavy (non-hydrogen) atoms. The van der Waals surface area contributed by atoms with Gasteiger partial charge in [-0.2, -0.15) is 0 Å². The quantitative estimate of drug-likeness (QED) is 0.694. The minimum absolute atomic E-state index is 0.448. The molecule has 0 fully saturated rings. The van der Waals surface area contributed by atoms with E-state index in [9.17, 15) is 10.0 Å². The van der Waals surface area contributed by atoms with Crippen LogP contribution in [0.15, 0.2) is 18.3 Å². The molecule has 4 heteroatoms. The van der Waals surface area contributed by atoms with Crippen molar-refractivity contribution in [1.82, 2.24) is 4.98 Å². The molecule has 2 N–H and O–H groups in total. The molecule has 0 unspecified atom stereocenters. The van der Waals surface area contributed by atoms with Gasteiger partial charge in [-0.05, 0) is 30.4 Å². The van der Waals surface area contributed by atoms with Gasteiger partial charge in [0.2, 0.25) is 0 Å². The third-order valence-corrected chi connectivity index (χ3v) is 3.33. The molecular formula is C14H24BNO2. The molecule has 3 nitrogen and oxygen atoms in total. The highest BCUT2D eigenvalue weighted by atomic mass is 16.4. The van der Waals surface area contributed by atoms with Crippen LogP contribution in [0.1, 0.15) is 64.0 Å². The van der Waals surface area contributed by atoms with Crippen LogP contribution >= 0.6 is 0 Å². The van der Waals surface area contributed by atoms with E-state index in [0.29, 0.717) is 11.4 Å². The smallest absolute Gasteiger partial charge is 0.423 e. The van der Waals surface area contributed by atoms with Crippen molar-refractivity contribution in [3.8, 4) is 0 Å². The molecule has 0 radical (unpaired) electrons. The lowest BCUT2D eigenvalue weighted by molar-refractivity contribution is 0.425. The van der Waals surface area contributed by atoms with Crippen molar-refractivity contribution in [2.24, 2.45) is 0 Å². The molecule has 0 aliphatic heterocycles.